The molecule has 136 valence electrons. The molecule has 1 aromatic carbocycles. The van der Waals surface area contributed by atoms with Gasteiger partial charge in [-0.3, -0.25) is 5.32 Å². The second-order valence-electron chi connectivity index (χ2n) is 5.78. The fraction of sp³-hybridized carbons (Fsp3) is 0.176. The van der Waals surface area contributed by atoms with E-state index in [0.29, 0.717) is 16.9 Å². The van der Waals surface area contributed by atoms with Crippen molar-refractivity contribution >= 4 is 23.3 Å². The predicted octanol–water partition coefficient (Wildman–Crippen LogP) is 1.08. The Hall–Kier alpha value is -4.18. The third-order valence-electron chi connectivity index (χ3n) is 4.20. The molecule has 1 atom stereocenters. The van der Waals surface area contributed by atoms with Crippen LogP contribution in [-0.4, -0.2) is 23.2 Å². The largest absolute Gasteiger partial charge is 0.508 e. The normalized spacial score (nSPS) is 14.8. The first-order valence-electron chi connectivity index (χ1n) is 7.77. The number of phenols is 1. The lowest BCUT2D eigenvalue weighted by Gasteiger charge is -2.27. The van der Waals surface area contributed by atoms with E-state index in [2.05, 4.69) is 20.6 Å². The van der Waals surface area contributed by atoms with Crippen molar-refractivity contribution in [2.45, 2.75) is 13.0 Å². The number of aryl methyl sites for hydroxylation is 1. The van der Waals surface area contributed by atoms with Gasteiger partial charge in [-0.15, -0.1) is 0 Å². The fourth-order valence-electron chi connectivity index (χ4n) is 2.93. The van der Waals surface area contributed by atoms with Crippen molar-refractivity contribution in [3.05, 3.63) is 34.4 Å². The summed E-state index contributed by atoms with van der Waals surface area (Å²) in [5, 5.41) is 34.0. The number of nitrogens with zero attached hydrogens (tertiary/aromatic N) is 4. The Bertz CT molecular complexity index is 1050. The van der Waals surface area contributed by atoms with Gasteiger partial charge in [-0.05, 0) is 24.6 Å². The SMILES string of the molecule is COc1cc(C2N=C(NC#N)Nc3nc(N)c(C#N)c(N)c32)c(O)cc1C. The average molecular weight is 364 g/mol. The molecule has 0 saturated heterocycles. The Morgan fingerprint density at radius 2 is 2.07 bits per heavy atom. The van der Waals surface area contributed by atoms with Crippen molar-refractivity contribution in [2.75, 3.05) is 23.9 Å². The summed E-state index contributed by atoms with van der Waals surface area (Å²) in [6, 6.07) is 4.24. The fourth-order valence-corrected chi connectivity index (χ4v) is 2.93. The quantitative estimate of drug-likeness (QED) is 0.385. The lowest BCUT2D eigenvalue weighted by molar-refractivity contribution is 0.407. The minimum atomic E-state index is -0.841. The van der Waals surface area contributed by atoms with Gasteiger partial charge in [0.2, 0.25) is 5.96 Å². The van der Waals surface area contributed by atoms with E-state index < -0.39 is 6.04 Å². The highest BCUT2D eigenvalue weighted by Crippen LogP contribution is 2.44. The Labute approximate surface area is 154 Å². The molecule has 1 aliphatic heterocycles. The van der Waals surface area contributed by atoms with Crippen LogP contribution in [0.15, 0.2) is 17.1 Å². The summed E-state index contributed by atoms with van der Waals surface area (Å²) >= 11 is 0. The van der Waals surface area contributed by atoms with Crippen LogP contribution in [0.2, 0.25) is 0 Å². The van der Waals surface area contributed by atoms with Gasteiger partial charge >= 0.3 is 0 Å². The third kappa shape index (κ3) is 2.85. The summed E-state index contributed by atoms with van der Waals surface area (Å²) in [5.41, 5.74) is 13.6. The minimum absolute atomic E-state index is 0.0195. The zero-order valence-electron chi connectivity index (χ0n) is 14.5. The molecule has 0 amide bonds. The summed E-state index contributed by atoms with van der Waals surface area (Å²) in [4.78, 5) is 8.57. The number of guanidine groups is 1. The molecule has 1 aromatic heterocycles. The molecule has 2 heterocycles. The highest BCUT2D eigenvalue weighted by molar-refractivity contribution is 5.98. The number of aromatic hydroxyl groups is 1. The number of aromatic nitrogens is 1. The number of nitrogen functional groups attached to an aromatic ring is 2. The number of nitrogens with two attached hydrogens (primary N) is 2. The number of anilines is 3. The van der Waals surface area contributed by atoms with Crippen LogP contribution in [0.3, 0.4) is 0 Å². The van der Waals surface area contributed by atoms with Crippen molar-refractivity contribution in [2.24, 2.45) is 4.99 Å². The summed E-state index contributed by atoms with van der Waals surface area (Å²) in [7, 11) is 1.51. The number of fused-ring (bicyclic) bond motifs is 1. The standard InChI is InChI=1S/C17H16N8O2/c1-7-3-10(26)8(4-11(7)27-2)14-12-13(20)9(5-18)15(21)24-16(12)25-17(23-14)22-6-19/h3-4,14,26H,1-2H3,(H6,20,21,22,23,24,25). The van der Waals surface area contributed by atoms with Gasteiger partial charge in [-0.25, -0.2) is 9.98 Å². The van der Waals surface area contributed by atoms with Crippen LogP contribution in [0.4, 0.5) is 17.3 Å². The number of phenolic OH excluding ortho intramolecular Hbond substituents is 1. The van der Waals surface area contributed by atoms with E-state index in [-0.39, 0.29) is 34.6 Å². The van der Waals surface area contributed by atoms with Gasteiger partial charge in [0.15, 0.2) is 6.19 Å². The Morgan fingerprint density at radius 1 is 1.33 bits per heavy atom. The molecule has 0 radical (unpaired) electrons. The molecule has 1 aliphatic rings. The number of benzene rings is 1. The number of nitriles is 2. The van der Waals surface area contributed by atoms with Crippen molar-refractivity contribution in [1.82, 2.24) is 10.3 Å². The summed E-state index contributed by atoms with van der Waals surface area (Å²) in [5.74, 6) is 0.783. The number of methoxy groups -OCH3 is 1. The maximum atomic E-state index is 10.5. The smallest absolute Gasteiger partial charge is 0.211 e. The van der Waals surface area contributed by atoms with Crippen LogP contribution < -0.4 is 26.8 Å². The van der Waals surface area contributed by atoms with Gasteiger partial charge in [0.25, 0.3) is 0 Å². The number of pyridine rings is 1. The van der Waals surface area contributed by atoms with Gasteiger partial charge in [-0.2, -0.15) is 10.5 Å². The lowest BCUT2D eigenvalue weighted by atomic mass is 9.93. The zero-order chi connectivity index (χ0) is 19.7. The number of ether oxygens (including phenoxy) is 1. The number of nitrogens with one attached hydrogen (secondary N) is 2. The van der Waals surface area contributed by atoms with Gasteiger partial charge in [-0.1, -0.05) is 0 Å². The lowest BCUT2D eigenvalue weighted by Crippen LogP contribution is -2.32. The van der Waals surface area contributed by atoms with E-state index in [1.807, 2.05) is 6.07 Å². The molecule has 0 aliphatic carbocycles. The van der Waals surface area contributed by atoms with Gasteiger partial charge < -0.3 is 26.6 Å². The van der Waals surface area contributed by atoms with Crippen LogP contribution in [-0.2, 0) is 0 Å². The Morgan fingerprint density at radius 3 is 2.70 bits per heavy atom. The number of hydrogen-bond donors (Lipinski definition) is 5. The summed E-state index contributed by atoms with van der Waals surface area (Å²) in [6.45, 7) is 1.79. The van der Waals surface area contributed by atoms with Crippen LogP contribution in [0.1, 0.15) is 28.3 Å². The monoisotopic (exact) mass is 364 g/mol. The second kappa shape index (κ2) is 6.61. The predicted molar refractivity (Wildman–Crippen MR) is 98.8 cm³/mol. The van der Waals surface area contributed by atoms with Crippen LogP contribution in [0, 0.1) is 29.7 Å². The number of rotatable bonds is 2. The molecular weight excluding hydrogens is 348 g/mol. The molecule has 7 N–H and O–H groups in total. The van der Waals surface area contributed by atoms with E-state index in [1.54, 1.807) is 19.2 Å². The topological polar surface area (TPSA) is 178 Å². The van der Waals surface area contributed by atoms with Crippen molar-refractivity contribution in [3.8, 4) is 23.8 Å². The summed E-state index contributed by atoms with van der Waals surface area (Å²) in [6.07, 6.45) is 1.77. The van der Waals surface area contributed by atoms with Crippen molar-refractivity contribution in [3.63, 3.8) is 0 Å². The van der Waals surface area contributed by atoms with Crippen LogP contribution in [0.25, 0.3) is 0 Å². The van der Waals surface area contributed by atoms with E-state index >= 15 is 0 Å². The molecule has 0 spiro atoms. The van der Waals surface area contributed by atoms with Crippen LogP contribution in [0.5, 0.6) is 11.5 Å². The molecule has 2 aromatic rings. The van der Waals surface area contributed by atoms with Gasteiger partial charge in [0.05, 0.1) is 12.8 Å². The number of aliphatic imine (C=N–C) groups is 1. The first-order valence-corrected chi connectivity index (χ1v) is 7.77. The highest BCUT2D eigenvalue weighted by atomic mass is 16.5. The molecule has 0 fully saturated rings. The Balaban J connectivity index is 2.30. The van der Waals surface area contributed by atoms with Crippen molar-refractivity contribution in [1.29, 1.82) is 10.5 Å². The van der Waals surface area contributed by atoms with Crippen LogP contribution >= 0.6 is 0 Å². The highest BCUT2D eigenvalue weighted by Gasteiger charge is 2.31. The third-order valence-corrected chi connectivity index (χ3v) is 4.20. The first-order chi connectivity index (χ1) is 12.9. The second-order valence-corrected chi connectivity index (χ2v) is 5.78. The maximum absolute atomic E-state index is 10.5. The van der Waals surface area contributed by atoms with Crippen molar-refractivity contribution < 1.29 is 9.84 Å². The summed E-state index contributed by atoms with van der Waals surface area (Å²) < 4.78 is 5.33. The molecule has 0 bridgehead atoms. The van der Waals surface area contributed by atoms with E-state index in [9.17, 15) is 10.4 Å². The molecule has 10 nitrogen and oxygen atoms in total. The maximum Gasteiger partial charge on any atom is 0.211 e. The van der Waals surface area contributed by atoms with E-state index in [4.69, 9.17) is 21.5 Å². The average Bonchev–Trinajstić information content (AvgIpc) is 2.61. The minimum Gasteiger partial charge on any atom is -0.508 e. The Kier molecular flexibility index (Phi) is 4.32. The van der Waals surface area contributed by atoms with Gasteiger partial charge in [0.1, 0.15) is 40.8 Å². The molecule has 0 saturated carbocycles. The molecule has 27 heavy (non-hydrogen) atoms. The first kappa shape index (κ1) is 17.6. The van der Waals surface area contributed by atoms with E-state index in [1.165, 1.54) is 13.2 Å². The molecule has 1 unspecified atom stereocenters. The molecule has 3 rings (SSSR count). The van der Waals surface area contributed by atoms with E-state index in [0.717, 1.165) is 5.56 Å². The van der Waals surface area contributed by atoms with Gasteiger partial charge in [0, 0.05) is 11.1 Å². The molecular formula is C17H16N8O2. The zero-order valence-corrected chi connectivity index (χ0v) is 14.5. The molecule has 10 heteroatoms. The number of hydrogen-bond acceptors (Lipinski definition) is 10.